The van der Waals surface area contributed by atoms with Crippen molar-refractivity contribution in [2.24, 2.45) is 5.73 Å². The summed E-state index contributed by atoms with van der Waals surface area (Å²) in [4.78, 5) is 11.3. The average molecular weight is 332 g/mol. The fourth-order valence-electron chi connectivity index (χ4n) is 2.38. The summed E-state index contributed by atoms with van der Waals surface area (Å²) in [7, 11) is -3.54. The van der Waals surface area contributed by atoms with E-state index in [0.717, 1.165) is 5.56 Å². The number of nitrogens with one attached hydrogen (secondary N) is 1. The molecule has 2 rings (SSSR count). The Morgan fingerprint density at radius 3 is 2.43 bits per heavy atom. The van der Waals surface area contributed by atoms with Crippen LogP contribution in [0.25, 0.3) is 0 Å². The summed E-state index contributed by atoms with van der Waals surface area (Å²) in [5.74, 6) is -0.771. The van der Waals surface area contributed by atoms with Gasteiger partial charge in [0.25, 0.3) is 0 Å². The number of amides is 1. The third kappa shape index (κ3) is 4.56. The van der Waals surface area contributed by atoms with Crippen molar-refractivity contribution in [3.8, 4) is 0 Å². The first kappa shape index (κ1) is 17.0. The first-order valence-corrected chi connectivity index (χ1v) is 8.89. The number of carbonyl (C=O) groups is 1. The van der Waals surface area contributed by atoms with Crippen molar-refractivity contribution in [2.75, 3.05) is 10.5 Å². The third-order valence-electron chi connectivity index (χ3n) is 3.61. The summed E-state index contributed by atoms with van der Waals surface area (Å²) in [6.07, 6.45) is 0. The maximum Gasteiger partial charge on any atom is 0.249 e. The largest absolute Gasteiger partial charge is 0.366 e. The van der Waals surface area contributed by atoms with Crippen molar-refractivity contribution < 1.29 is 13.2 Å². The molecular formula is C17H20N2O3S. The van der Waals surface area contributed by atoms with Crippen molar-refractivity contribution >= 4 is 21.6 Å². The number of nitrogens with two attached hydrogens (primary N) is 1. The molecule has 0 radical (unpaired) electrons. The maximum atomic E-state index is 12.3. The molecule has 0 heterocycles. The molecule has 0 bridgehead atoms. The van der Waals surface area contributed by atoms with E-state index in [0.29, 0.717) is 16.8 Å². The van der Waals surface area contributed by atoms with Gasteiger partial charge in [0.05, 0.1) is 5.75 Å². The Balaban J connectivity index is 2.15. The van der Waals surface area contributed by atoms with Crippen LogP contribution in [0.2, 0.25) is 0 Å². The van der Waals surface area contributed by atoms with Crippen molar-refractivity contribution in [2.45, 2.75) is 19.8 Å². The van der Waals surface area contributed by atoms with E-state index in [9.17, 15) is 13.2 Å². The van der Waals surface area contributed by atoms with Crippen LogP contribution in [0.1, 0.15) is 34.3 Å². The Kier molecular flexibility index (Phi) is 5.05. The minimum absolute atomic E-state index is 0.0448. The predicted octanol–water partition coefficient (Wildman–Crippen LogP) is 2.64. The zero-order chi connectivity index (χ0) is 17.0. The molecule has 23 heavy (non-hydrogen) atoms. The van der Waals surface area contributed by atoms with Gasteiger partial charge in [0.1, 0.15) is 0 Å². The van der Waals surface area contributed by atoms with Gasteiger partial charge in [0, 0.05) is 11.3 Å². The second-order valence-electron chi connectivity index (χ2n) is 5.59. The van der Waals surface area contributed by atoms with E-state index in [1.54, 1.807) is 19.1 Å². The molecule has 0 spiro atoms. The van der Waals surface area contributed by atoms with E-state index in [2.05, 4.69) is 4.72 Å². The molecule has 3 N–H and O–H groups in total. The van der Waals surface area contributed by atoms with Crippen LogP contribution in [0.5, 0.6) is 0 Å². The van der Waals surface area contributed by atoms with Crippen molar-refractivity contribution in [1.29, 1.82) is 0 Å². The quantitative estimate of drug-likeness (QED) is 0.852. The van der Waals surface area contributed by atoms with Gasteiger partial charge < -0.3 is 5.73 Å². The van der Waals surface area contributed by atoms with E-state index in [-0.39, 0.29) is 11.7 Å². The van der Waals surface area contributed by atoms with Crippen LogP contribution in [0.3, 0.4) is 0 Å². The Bertz CT molecular complexity index is 802. The molecule has 5 nitrogen and oxygen atoms in total. The topological polar surface area (TPSA) is 89.3 Å². The molecule has 1 atom stereocenters. The van der Waals surface area contributed by atoms with Crippen molar-refractivity contribution in [1.82, 2.24) is 0 Å². The van der Waals surface area contributed by atoms with Crippen LogP contribution >= 0.6 is 0 Å². The molecule has 0 unspecified atom stereocenters. The molecule has 1 amide bonds. The smallest absolute Gasteiger partial charge is 0.249 e. The first-order chi connectivity index (χ1) is 10.8. The number of hydrogen-bond donors (Lipinski definition) is 2. The number of benzene rings is 2. The van der Waals surface area contributed by atoms with Crippen LogP contribution in [-0.4, -0.2) is 20.1 Å². The lowest BCUT2D eigenvalue weighted by Gasteiger charge is -2.14. The van der Waals surface area contributed by atoms with Crippen LogP contribution in [0, 0.1) is 6.92 Å². The van der Waals surface area contributed by atoms with Crippen molar-refractivity contribution in [3.05, 3.63) is 65.2 Å². The number of sulfonamides is 1. The van der Waals surface area contributed by atoms with Crippen LogP contribution in [-0.2, 0) is 10.0 Å². The summed E-state index contributed by atoms with van der Waals surface area (Å²) in [5, 5.41) is 0. The monoisotopic (exact) mass is 332 g/mol. The number of primary amides is 1. The number of aryl methyl sites for hydroxylation is 1. The third-order valence-corrected chi connectivity index (χ3v) is 5.10. The van der Waals surface area contributed by atoms with Crippen LogP contribution in [0.15, 0.2) is 48.5 Å². The fraction of sp³-hybridized carbons (Fsp3) is 0.235. The van der Waals surface area contributed by atoms with Gasteiger partial charge in [-0.2, -0.15) is 0 Å². The molecule has 0 fully saturated rings. The molecule has 122 valence electrons. The van der Waals surface area contributed by atoms with Gasteiger partial charge in [0.15, 0.2) is 0 Å². The summed E-state index contributed by atoms with van der Waals surface area (Å²) in [6.45, 7) is 3.61. The molecular weight excluding hydrogens is 312 g/mol. The standard InChI is InChI=1S/C17H20N2O3S/c1-12-8-9-15(10-16(12)17(18)20)19-23(21,22)11-13(2)14-6-4-3-5-7-14/h3-10,13,19H,11H2,1-2H3,(H2,18,20)/t13-/m0/s1. The first-order valence-electron chi connectivity index (χ1n) is 7.24. The van der Waals surface area contributed by atoms with Gasteiger partial charge in [-0.15, -0.1) is 0 Å². The predicted molar refractivity (Wildman–Crippen MR) is 92.0 cm³/mol. The highest BCUT2D eigenvalue weighted by molar-refractivity contribution is 7.92. The Morgan fingerprint density at radius 1 is 1.17 bits per heavy atom. The van der Waals surface area contributed by atoms with E-state index in [1.807, 2.05) is 37.3 Å². The highest BCUT2D eigenvalue weighted by Crippen LogP contribution is 2.20. The zero-order valence-electron chi connectivity index (χ0n) is 13.1. The lowest BCUT2D eigenvalue weighted by atomic mass is 10.0. The van der Waals surface area contributed by atoms with Gasteiger partial charge in [-0.1, -0.05) is 43.3 Å². The minimum Gasteiger partial charge on any atom is -0.366 e. The summed E-state index contributed by atoms with van der Waals surface area (Å²) in [5.41, 5.74) is 7.60. The second-order valence-corrected chi connectivity index (χ2v) is 7.36. The average Bonchev–Trinajstić information content (AvgIpc) is 2.49. The molecule has 2 aromatic carbocycles. The molecule has 0 saturated carbocycles. The lowest BCUT2D eigenvalue weighted by Crippen LogP contribution is -2.21. The molecule has 6 heteroatoms. The van der Waals surface area contributed by atoms with Gasteiger partial charge in [-0.05, 0) is 36.1 Å². The van der Waals surface area contributed by atoms with Gasteiger partial charge >= 0.3 is 0 Å². The van der Waals surface area contributed by atoms with Crippen molar-refractivity contribution in [3.63, 3.8) is 0 Å². The SMILES string of the molecule is Cc1ccc(NS(=O)(=O)C[C@H](C)c2ccccc2)cc1C(N)=O. The summed E-state index contributed by atoms with van der Waals surface area (Å²) < 4.78 is 27.2. The van der Waals surface area contributed by atoms with Gasteiger partial charge in [-0.3, -0.25) is 9.52 Å². The molecule has 0 aliphatic carbocycles. The normalized spacial score (nSPS) is 12.6. The highest BCUT2D eigenvalue weighted by Gasteiger charge is 2.18. The van der Waals surface area contributed by atoms with Crippen LogP contribution < -0.4 is 10.5 Å². The lowest BCUT2D eigenvalue weighted by molar-refractivity contribution is 0.0999. The number of rotatable bonds is 6. The fourth-order valence-corrected chi connectivity index (χ4v) is 3.80. The van der Waals surface area contributed by atoms with Crippen LogP contribution in [0.4, 0.5) is 5.69 Å². The molecule has 0 aliphatic rings. The Morgan fingerprint density at radius 2 is 1.83 bits per heavy atom. The minimum atomic E-state index is -3.54. The summed E-state index contributed by atoms with van der Waals surface area (Å²) >= 11 is 0. The van der Waals surface area contributed by atoms with E-state index in [4.69, 9.17) is 5.73 Å². The number of hydrogen-bond acceptors (Lipinski definition) is 3. The molecule has 0 aromatic heterocycles. The maximum absolute atomic E-state index is 12.3. The summed E-state index contributed by atoms with van der Waals surface area (Å²) in [6, 6.07) is 14.2. The van der Waals surface area contributed by atoms with E-state index in [1.165, 1.54) is 6.07 Å². The Labute approximate surface area is 136 Å². The second kappa shape index (κ2) is 6.83. The van der Waals surface area contributed by atoms with Gasteiger partial charge in [-0.25, -0.2) is 8.42 Å². The van der Waals surface area contributed by atoms with E-state index >= 15 is 0 Å². The molecule has 0 saturated heterocycles. The molecule has 0 aliphatic heterocycles. The van der Waals surface area contributed by atoms with E-state index < -0.39 is 15.9 Å². The number of anilines is 1. The zero-order valence-corrected chi connectivity index (χ0v) is 13.9. The highest BCUT2D eigenvalue weighted by atomic mass is 32.2. The van der Waals surface area contributed by atoms with Gasteiger partial charge in [0.2, 0.25) is 15.9 Å². The molecule has 2 aromatic rings. The number of carbonyl (C=O) groups excluding carboxylic acids is 1. The Hall–Kier alpha value is -2.34.